The zero-order chi connectivity index (χ0) is 11.3. The number of carbonyl (C=O) groups excluding carboxylic acids is 1. The molecule has 0 aliphatic carbocycles. The van der Waals surface area contributed by atoms with E-state index < -0.39 is 5.95 Å². The number of amides is 1. The van der Waals surface area contributed by atoms with E-state index >= 15 is 0 Å². The molecule has 0 unspecified atom stereocenters. The van der Waals surface area contributed by atoms with Gasteiger partial charge in [-0.1, -0.05) is 13.8 Å². The summed E-state index contributed by atoms with van der Waals surface area (Å²) < 4.78 is 12.5. The number of carbonyl (C=O) groups is 1. The van der Waals surface area contributed by atoms with E-state index in [1.807, 2.05) is 0 Å². The highest BCUT2D eigenvalue weighted by atomic mass is 19.1. The Bertz CT molecular complexity index is 322. The minimum Gasteiger partial charge on any atom is -0.352 e. The van der Waals surface area contributed by atoms with E-state index in [4.69, 9.17) is 0 Å². The lowest BCUT2D eigenvalue weighted by atomic mass is 10.1. The molecular formula is C11H15FN2O. The lowest BCUT2D eigenvalue weighted by Gasteiger charge is -2.06. The Balaban J connectivity index is 2.43. The number of hydrogen-bond donors (Lipinski definition) is 1. The highest BCUT2D eigenvalue weighted by Crippen LogP contribution is 2.00. The SMILES string of the molecule is CC(C)CCNC(=O)c1ccc(F)nc1. The van der Waals surface area contributed by atoms with Crippen LogP contribution in [0.4, 0.5) is 4.39 Å². The van der Waals surface area contributed by atoms with Gasteiger partial charge in [0.05, 0.1) is 5.56 Å². The molecule has 15 heavy (non-hydrogen) atoms. The summed E-state index contributed by atoms with van der Waals surface area (Å²) in [5.41, 5.74) is 0.389. The average molecular weight is 210 g/mol. The van der Waals surface area contributed by atoms with Crippen molar-refractivity contribution >= 4 is 5.91 Å². The van der Waals surface area contributed by atoms with Crippen molar-refractivity contribution in [1.82, 2.24) is 10.3 Å². The van der Waals surface area contributed by atoms with Crippen LogP contribution in [0.5, 0.6) is 0 Å². The Morgan fingerprint density at radius 1 is 1.53 bits per heavy atom. The lowest BCUT2D eigenvalue weighted by Crippen LogP contribution is -2.25. The lowest BCUT2D eigenvalue weighted by molar-refractivity contribution is 0.0951. The molecular weight excluding hydrogens is 195 g/mol. The Hall–Kier alpha value is -1.45. The molecule has 0 fully saturated rings. The summed E-state index contributed by atoms with van der Waals surface area (Å²) in [7, 11) is 0. The van der Waals surface area contributed by atoms with Gasteiger partial charge >= 0.3 is 0 Å². The van der Waals surface area contributed by atoms with Gasteiger partial charge in [-0.15, -0.1) is 0 Å². The van der Waals surface area contributed by atoms with Crippen molar-refractivity contribution in [1.29, 1.82) is 0 Å². The maximum Gasteiger partial charge on any atom is 0.252 e. The molecule has 82 valence electrons. The van der Waals surface area contributed by atoms with Gasteiger partial charge in [0.1, 0.15) is 0 Å². The van der Waals surface area contributed by atoms with Gasteiger partial charge in [0.2, 0.25) is 5.95 Å². The number of pyridine rings is 1. The molecule has 1 heterocycles. The number of hydrogen-bond acceptors (Lipinski definition) is 2. The Morgan fingerprint density at radius 3 is 2.80 bits per heavy atom. The van der Waals surface area contributed by atoms with Crippen molar-refractivity contribution in [3.63, 3.8) is 0 Å². The van der Waals surface area contributed by atoms with Crippen LogP contribution < -0.4 is 5.32 Å². The van der Waals surface area contributed by atoms with Gasteiger partial charge in [-0.2, -0.15) is 4.39 Å². The highest BCUT2D eigenvalue weighted by molar-refractivity contribution is 5.93. The fourth-order valence-corrected chi connectivity index (χ4v) is 1.09. The van der Waals surface area contributed by atoms with Crippen LogP contribution in [0.2, 0.25) is 0 Å². The Labute approximate surface area is 88.7 Å². The summed E-state index contributed by atoms with van der Waals surface area (Å²) in [6.07, 6.45) is 2.17. The fraction of sp³-hybridized carbons (Fsp3) is 0.455. The maximum absolute atomic E-state index is 12.5. The minimum absolute atomic E-state index is 0.205. The van der Waals surface area contributed by atoms with Crippen LogP contribution in [0.15, 0.2) is 18.3 Å². The molecule has 1 N–H and O–H groups in total. The molecule has 1 rings (SSSR count). The second-order valence-corrected chi connectivity index (χ2v) is 3.81. The second kappa shape index (κ2) is 5.44. The average Bonchev–Trinajstić information content (AvgIpc) is 2.18. The van der Waals surface area contributed by atoms with E-state index in [0.717, 1.165) is 6.42 Å². The zero-order valence-corrected chi connectivity index (χ0v) is 8.96. The number of aromatic nitrogens is 1. The molecule has 4 heteroatoms. The summed E-state index contributed by atoms with van der Waals surface area (Å²) in [5.74, 6) is -0.228. The summed E-state index contributed by atoms with van der Waals surface area (Å²) in [5, 5.41) is 2.75. The second-order valence-electron chi connectivity index (χ2n) is 3.81. The summed E-state index contributed by atoms with van der Waals surface area (Å²) >= 11 is 0. The largest absolute Gasteiger partial charge is 0.352 e. The molecule has 0 atom stereocenters. The molecule has 0 bridgehead atoms. The van der Waals surface area contributed by atoms with Crippen molar-refractivity contribution in [2.45, 2.75) is 20.3 Å². The highest BCUT2D eigenvalue weighted by Gasteiger charge is 2.05. The van der Waals surface area contributed by atoms with E-state index in [1.165, 1.54) is 18.3 Å². The van der Waals surface area contributed by atoms with E-state index in [9.17, 15) is 9.18 Å². The first-order chi connectivity index (χ1) is 7.09. The van der Waals surface area contributed by atoms with E-state index in [0.29, 0.717) is 18.0 Å². The standard InChI is InChI=1S/C11H15FN2O/c1-8(2)5-6-13-11(15)9-3-4-10(12)14-7-9/h3-4,7-8H,5-6H2,1-2H3,(H,13,15). The molecule has 0 saturated heterocycles. The molecule has 0 aliphatic heterocycles. The van der Waals surface area contributed by atoms with Crippen molar-refractivity contribution in [3.05, 3.63) is 29.8 Å². The predicted octanol–water partition coefficient (Wildman–Crippen LogP) is 2.00. The van der Waals surface area contributed by atoms with Crippen LogP contribution in [0.1, 0.15) is 30.6 Å². The molecule has 1 aromatic rings. The van der Waals surface area contributed by atoms with Crippen LogP contribution >= 0.6 is 0 Å². The molecule has 0 saturated carbocycles. The van der Waals surface area contributed by atoms with E-state index in [2.05, 4.69) is 24.1 Å². The Morgan fingerprint density at radius 2 is 2.27 bits per heavy atom. The quantitative estimate of drug-likeness (QED) is 0.772. The monoisotopic (exact) mass is 210 g/mol. The number of halogens is 1. The third-order valence-electron chi connectivity index (χ3n) is 2.00. The summed E-state index contributed by atoms with van der Waals surface area (Å²) in [4.78, 5) is 14.9. The van der Waals surface area contributed by atoms with Gasteiger partial charge in [-0.3, -0.25) is 4.79 Å². The topological polar surface area (TPSA) is 42.0 Å². The molecule has 0 aliphatic rings. The minimum atomic E-state index is -0.575. The fourth-order valence-electron chi connectivity index (χ4n) is 1.09. The van der Waals surface area contributed by atoms with Gasteiger partial charge in [-0.05, 0) is 24.5 Å². The molecule has 3 nitrogen and oxygen atoms in total. The van der Waals surface area contributed by atoms with Crippen molar-refractivity contribution in [2.24, 2.45) is 5.92 Å². The molecule has 0 aromatic carbocycles. The van der Waals surface area contributed by atoms with Crippen LogP contribution in [0.25, 0.3) is 0 Å². The van der Waals surface area contributed by atoms with Gasteiger partial charge in [0.25, 0.3) is 5.91 Å². The molecule has 1 aromatic heterocycles. The van der Waals surface area contributed by atoms with Crippen LogP contribution in [-0.4, -0.2) is 17.4 Å². The first-order valence-electron chi connectivity index (χ1n) is 4.99. The van der Waals surface area contributed by atoms with Crippen molar-refractivity contribution < 1.29 is 9.18 Å². The van der Waals surface area contributed by atoms with Gasteiger partial charge in [0.15, 0.2) is 0 Å². The first-order valence-corrected chi connectivity index (χ1v) is 4.99. The van der Waals surface area contributed by atoms with Crippen LogP contribution in [0.3, 0.4) is 0 Å². The Kier molecular flexibility index (Phi) is 4.21. The van der Waals surface area contributed by atoms with Gasteiger partial charge in [0, 0.05) is 12.7 Å². The normalized spacial score (nSPS) is 10.4. The van der Waals surface area contributed by atoms with Crippen molar-refractivity contribution in [3.8, 4) is 0 Å². The zero-order valence-electron chi connectivity index (χ0n) is 8.96. The van der Waals surface area contributed by atoms with Gasteiger partial charge in [-0.25, -0.2) is 4.98 Å². The first kappa shape index (κ1) is 11.6. The van der Waals surface area contributed by atoms with E-state index in [1.54, 1.807) is 0 Å². The third-order valence-corrected chi connectivity index (χ3v) is 2.00. The number of nitrogens with one attached hydrogen (secondary N) is 1. The smallest absolute Gasteiger partial charge is 0.252 e. The van der Waals surface area contributed by atoms with Gasteiger partial charge < -0.3 is 5.32 Å². The summed E-state index contributed by atoms with van der Waals surface area (Å²) in [6, 6.07) is 2.60. The molecule has 0 radical (unpaired) electrons. The molecule has 0 spiro atoms. The van der Waals surface area contributed by atoms with Crippen LogP contribution in [0, 0.1) is 11.9 Å². The van der Waals surface area contributed by atoms with E-state index in [-0.39, 0.29) is 5.91 Å². The van der Waals surface area contributed by atoms with Crippen molar-refractivity contribution in [2.75, 3.05) is 6.54 Å². The number of nitrogens with zero attached hydrogens (tertiary/aromatic N) is 1. The third kappa shape index (κ3) is 4.06. The maximum atomic E-state index is 12.5. The predicted molar refractivity (Wildman–Crippen MR) is 56.0 cm³/mol. The molecule has 1 amide bonds. The van der Waals surface area contributed by atoms with Crippen LogP contribution in [-0.2, 0) is 0 Å². The summed E-state index contributed by atoms with van der Waals surface area (Å²) in [6.45, 7) is 4.81. The number of rotatable bonds is 4.